The summed E-state index contributed by atoms with van der Waals surface area (Å²) in [4.78, 5) is 37.4. The second-order valence-corrected chi connectivity index (χ2v) is 4.03. The molecule has 0 aliphatic carbocycles. The number of carbonyl (C=O) groups is 3. The van der Waals surface area contributed by atoms with Crippen LogP contribution in [0.1, 0.15) is 10.4 Å². The van der Waals surface area contributed by atoms with Crippen LogP contribution in [0, 0.1) is 0 Å². The normalized spacial score (nSPS) is 10.5. The number of carbonyl (C=O) groups excluding carboxylic acids is 2. The van der Waals surface area contributed by atoms with E-state index in [9.17, 15) is 14.4 Å². The van der Waals surface area contributed by atoms with E-state index in [1.54, 1.807) is 6.07 Å². The Balaban J connectivity index is 2.02. The first-order valence-corrected chi connectivity index (χ1v) is 5.92. The lowest BCUT2D eigenvalue weighted by molar-refractivity contribution is -0.131. The van der Waals surface area contributed by atoms with E-state index in [2.05, 4.69) is 15.8 Å². The molecule has 0 saturated carbocycles. The van der Waals surface area contributed by atoms with Crippen LogP contribution in [0.4, 0.5) is 0 Å². The van der Waals surface area contributed by atoms with Gasteiger partial charge in [-0.25, -0.2) is 4.79 Å². The van der Waals surface area contributed by atoms with Crippen molar-refractivity contribution in [2.75, 3.05) is 0 Å². The van der Waals surface area contributed by atoms with E-state index in [-0.39, 0.29) is 5.56 Å². The first-order valence-electron chi connectivity index (χ1n) is 5.92. The molecule has 0 fully saturated rings. The van der Waals surface area contributed by atoms with E-state index in [1.165, 1.54) is 6.20 Å². The van der Waals surface area contributed by atoms with Gasteiger partial charge in [0, 0.05) is 23.7 Å². The van der Waals surface area contributed by atoms with Crippen molar-refractivity contribution >= 4 is 28.7 Å². The van der Waals surface area contributed by atoms with Gasteiger partial charge in [-0.05, 0) is 12.1 Å². The summed E-state index contributed by atoms with van der Waals surface area (Å²) >= 11 is 0. The number of aromatic nitrogens is 1. The number of benzene rings is 1. The molecule has 0 atom stereocenters. The van der Waals surface area contributed by atoms with Crippen molar-refractivity contribution in [1.29, 1.82) is 0 Å². The largest absolute Gasteiger partial charge is 0.478 e. The van der Waals surface area contributed by atoms with Crippen molar-refractivity contribution in [1.82, 2.24) is 15.8 Å². The first-order chi connectivity index (χ1) is 10.1. The van der Waals surface area contributed by atoms with Crippen molar-refractivity contribution in [3.05, 3.63) is 54.2 Å². The van der Waals surface area contributed by atoms with Crippen LogP contribution < -0.4 is 10.9 Å². The van der Waals surface area contributed by atoms with Crippen molar-refractivity contribution in [2.24, 2.45) is 0 Å². The van der Waals surface area contributed by atoms with Gasteiger partial charge in [-0.15, -0.1) is 0 Å². The number of fused-ring (bicyclic) bond motifs is 1. The molecule has 2 aromatic rings. The average molecular weight is 285 g/mol. The number of carboxylic acids is 1. The Morgan fingerprint density at radius 3 is 2.62 bits per heavy atom. The van der Waals surface area contributed by atoms with Gasteiger partial charge < -0.3 is 5.11 Å². The second-order valence-electron chi connectivity index (χ2n) is 4.03. The number of pyridine rings is 1. The van der Waals surface area contributed by atoms with E-state index in [4.69, 9.17) is 5.11 Å². The predicted molar refractivity (Wildman–Crippen MR) is 74.1 cm³/mol. The van der Waals surface area contributed by atoms with Crippen molar-refractivity contribution in [3.8, 4) is 0 Å². The van der Waals surface area contributed by atoms with E-state index >= 15 is 0 Å². The highest BCUT2D eigenvalue weighted by molar-refractivity contribution is 5.99. The zero-order valence-electron chi connectivity index (χ0n) is 10.7. The number of hydrazine groups is 1. The monoisotopic (exact) mass is 285 g/mol. The molecule has 0 unspecified atom stereocenters. The van der Waals surface area contributed by atoms with Gasteiger partial charge in [0.1, 0.15) is 0 Å². The number of nitrogens with zero attached hydrogens (tertiary/aromatic N) is 1. The third kappa shape index (κ3) is 3.87. The Bertz CT molecular complexity index is 740. The fourth-order valence-electron chi connectivity index (χ4n) is 1.57. The number of hydrogen-bond acceptors (Lipinski definition) is 4. The fraction of sp³-hybridized carbons (Fsp3) is 0. The quantitative estimate of drug-likeness (QED) is 0.566. The molecular formula is C14H11N3O4. The molecule has 7 nitrogen and oxygen atoms in total. The second kappa shape index (κ2) is 6.29. The van der Waals surface area contributed by atoms with E-state index in [0.29, 0.717) is 6.08 Å². The van der Waals surface area contributed by atoms with Gasteiger partial charge in [0.05, 0.1) is 11.1 Å². The molecule has 1 heterocycles. The van der Waals surface area contributed by atoms with Crippen LogP contribution >= 0.6 is 0 Å². The SMILES string of the molecule is O=C(O)/C=C/C(=O)NNC(=O)c1cnc2ccccc2c1. The summed E-state index contributed by atoms with van der Waals surface area (Å²) in [7, 11) is 0. The lowest BCUT2D eigenvalue weighted by Gasteiger charge is -2.05. The van der Waals surface area contributed by atoms with Gasteiger partial charge in [0.15, 0.2) is 0 Å². The number of aliphatic carboxylic acids is 1. The maximum atomic E-state index is 11.8. The molecule has 0 spiro atoms. The summed E-state index contributed by atoms with van der Waals surface area (Å²) in [6.07, 6.45) is 2.84. The lowest BCUT2D eigenvalue weighted by atomic mass is 10.1. The Hall–Kier alpha value is -3.22. The third-order valence-corrected chi connectivity index (χ3v) is 2.53. The molecule has 2 rings (SSSR count). The molecular weight excluding hydrogens is 274 g/mol. The highest BCUT2D eigenvalue weighted by Crippen LogP contribution is 2.12. The summed E-state index contributed by atoms with van der Waals surface area (Å²) in [5.41, 5.74) is 5.26. The maximum absolute atomic E-state index is 11.8. The smallest absolute Gasteiger partial charge is 0.328 e. The minimum absolute atomic E-state index is 0.274. The molecule has 1 aromatic carbocycles. The van der Waals surface area contributed by atoms with E-state index in [0.717, 1.165) is 17.0 Å². The highest BCUT2D eigenvalue weighted by Gasteiger charge is 2.07. The van der Waals surface area contributed by atoms with Gasteiger partial charge >= 0.3 is 5.97 Å². The first kappa shape index (κ1) is 14.2. The summed E-state index contributed by atoms with van der Waals surface area (Å²) in [6.45, 7) is 0. The van der Waals surface area contributed by atoms with Crippen LogP contribution in [-0.2, 0) is 9.59 Å². The minimum atomic E-state index is -1.25. The number of carboxylic acid groups (broad SMARTS) is 1. The Morgan fingerprint density at radius 2 is 1.86 bits per heavy atom. The molecule has 0 bridgehead atoms. The number of hydrogen-bond donors (Lipinski definition) is 3. The molecule has 0 aliphatic heterocycles. The predicted octanol–water partition coefficient (Wildman–Crippen LogP) is 0.637. The molecule has 3 N–H and O–H groups in total. The van der Waals surface area contributed by atoms with Crippen molar-refractivity contribution in [3.63, 3.8) is 0 Å². The topological polar surface area (TPSA) is 108 Å². The molecule has 1 aromatic heterocycles. The summed E-state index contributed by atoms with van der Waals surface area (Å²) in [5.74, 6) is -2.56. The van der Waals surface area contributed by atoms with Gasteiger partial charge in [-0.3, -0.25) is 25.4 Å². The fourth-order valence-corrected chi connectivity index (χ4v) is 1.57. The van der Waals surface area contributed by atoms with Gasteiger partial charge in [0.2, 0.25) is 0 Å². The summed E-state index contributed by atoms with van der Waals surface area (Å²) in [6, 6.07) is 8.92. The van der Waals surface area contributed by atoms with Crippen LogP contribution in [0.2, 0.25) is 0 Å². The van der Waals surface area contributed by atoms with Crippen LogP contribution in [-0.4, -0.2) is 27.9 Å². The van der Waals surface area contributed by atoms with Gasteiger partial charge in [0.25, 0.3) is 11.8 Å². The Morgan fingerprint density at radius 1 is 1.10 bits per heavy atom. The molecule has 21 heavy (non-hydrogen) atoms. The van der Waals surface area contributed by atoms with Crippen LogP contribution in [0.25, 0.3) is 10.9 Å². The van der Waals surface area contributed by atoms with Crippen LogP contribution in [0.3, 0.4) is 0 Å². The maximum Gasteiger partial charge on any atom is 0.328 e. The number of para-hydroxylation sites is 1. The standard InChI is InChI=1S/C14H11N3O4/c18-12(5-6-13(19)20)16-17-14(21)10-7-9-3-1-2-4-11(9)15-8-10/h1-8H,(H,16,18)(H,17,21)(H,19,20)/b6-5+. The van der Waals surface area contributed by atoms with E-state index < -0.39 is 17.8 Å². The van der Waals surface area contributed by atoms with Crippen LogP contribution in [0.15, 0.2) is 48.7 Å². The molecule has 0 aliphatic rings. The van der Waals surface area contributed by atoms with Crippen molar-refractivity contribution < 1.29 is 19.5 Å². The molecule has 0 radical (unpaired) electrons. The molecule has 0 saturated heterocycles. The third-order valence-electron chi connectivity index (χ3n) is 2.53. The van der Waals surface area contributed by atoms with Gasteiger partial charge in [-0.1, -0.05) is 18.2 Å². The Labute approximate surface area is 119 Å². The zero-order chi connectivity index (χ0) is 15.2. The summed E-state index contributed by atoms with van der Waals surface area (Å²) in [5, 5.41) is 9.15. The van der Waals surface area contributed by atoms with Crippen molar-refractivity contribution in [2.45, 2.75) is 0 Å². The highest BCUT2D eigenvalue weighted by atomic mass is 16.4. The lowest BCUT2D eigenvalue weighted by Crippen LogP contribution is -2.40. The number of rotatable bonds is 3. The molecule has 2 amide bonds. The Kier molecular flexibility index (Phi) is 4.25. The zero-order valence-corrected chi connectivity index (χ0v) is 10.7. The molecule has 106 valence electrons. The summed E-state index contributed by atoms with van der Waals surface area (Å²) < 4.78 is 0. The van der Waals surface area contributed by atoms with E-state index in [1.807, 2.05) is 24.3 Å². The number of nitrogens with one attached hydrogen (secondary N) is 2. The van der Waals surface area contributed by atoms with Gasteiger partial charge in [-0.2, -0.15) is 0 Å². The number of amides is 2. The van der Waals surface area contributed by atoms with Crippen LogP contribution in [0.5, 0.6) is 0 Å². The minimum Gasteiger partial charge on any atom is -0.478 e. The molecule has 7 heteroatoms. The average Bonchev–Trinajstić information content (AvgIpc) is 2.50.